The molecule has 19 heavy (non-hydrogen) atoms. The van der Waals surface area contributed by atoms with Gasteiger partial charge in [-0.15, -0.1) is 9.42 Å². The molecule has 106 valence electrons. The zero-order valence-electron chi connectivity index (χ0n) is 10.7. The Kier molecular flexibility index (Phi) is 8.78. The number of nitro groups is 1. The number of nitro benzene ring substituents is 1. The number of halogens is 1. The molecule has 1 N–H and O–H groups in total. The van der Waals surface area contributed by atoms with Crippen LogP contribution >= 0.6 is 8.25 Å². The largest absolute Gasteiger partial charge is 0.695 e. The van der Waals surface area contributed by atoms with E-state index in [2.05, 4.69) is 18.4 Å². The molecule has 1 rings (SSSR count). The maximum absolute atomic E-state index is 13.1. The molecule has 0 aliphatic heterocycles. The van der Waals surface area contributed by atoms with Crippen molar-refractivity contribution in [3.05, 3.63) is 39.7 Å². The van der Waals surface area contributed by atoms with Gasteiger partial charge in [0.25, 0.3) is 5.69 Å². The van der Waals surface area contributed by atoms with Crippen molar-refractivity contribution >= 4 is 13.9 Å². The van der Waals surface area contributed by atoms with Gasteiger partial charge in [0.2, 0.25) is 0 Å². The minimum Gasteiger partial charge on any atom is -0.258 e. The number of benzene rings is 1. The Labute approximate surface area is 111 Å². The predicted octanol–water partition coefficient (Wildman–Crippen LogP) is 3.71. The summed E-state index contributed by atoms with van der Waals surface area (Å²) in [6.45, 7) is 3.95. The van der Waals surface area contributed by atoms with Crippen LogP contribution in [0.1, 0.15) is 32.3 Å². The van der Waals surface area contributed by atoms with Gasteiger partial charge in [-0.2, -0.15) is 0 Å². The fourth-order valence-corrected chi connectivity index (χ4v) is 1.14. The number of hydrogen-bond donors (Lipinski definition) is 1. The number of nitrogens with zero attached hydrogens (tertiary/aromatic N) is 1. The molecule has 0 saturated carbocycles. The second-order valence-electron chi connectivity index (χ2n) is 3.54. The summed E-state index contributed by atoms with van der Waals surface area (Å²) >= 11 is 0. The molecule has 1 aromatic carbocycles. The Morgan fingerprint density at radius 1 is 1.42 bits per heavy atom. The van der Waals surface area contributed by atoms with Crippen molar-refractivity contribution in [2.45, 2.75) is 33.3 Å². The molecule has 1 unspecified atom stereocenters. The van der Waals surface area contributed by atoms with Gasteiger partial charge >= 0.3 is 8.25 Å². The summed E-state index contributed by atoms with van der Waals surface area (Å²) in [4.78, 5) is 17.8. The first kappa shape index (κ1) is 17.6. The highest BCUT2D eigenvalue weighted by atomic mass is 31.1. The van der Waals surface area contributed by atoms with Gasteiger partial charge in [0.05, 0.1) is 11.0 Å². The summed E-state index contributed by atoms with van der Waals surface area (Å²) in [6.07, 6.45) is 2.64. The van der Waals surface area contributed by atoms with E-state index in [0.717, 1.165) is 18.2 Å². The Bertz CT molecular complexity index is 439. The lowest BCUT2D eigenvalue weighted by atomic mass is 10.2. The highest BCUT2D eigenvalue weighted by molar-refractivity contribution is 7.32. The highest BCUT2D eigenvalue weighted by Crippen LogP contribution is 2.22. The van der Waals surface area contributed by atoms with E-state index in [-0.39, 0.29) is 11.3 Å². The molecule has 0 aromatic heterocycles. The molecule has 1 aromatic rings. The first-order valence-electron chi connectivity index (χ1n) is 5.64. The van der Waals surface area contributed by atoms with Crippen molar-refractivity contribution in [3.63, 3.8) is 0 Å². The molecule has 0 spiro atoms. The average Bonchev–Trinajstić information content (AvgIpc) is 2.37. The van der Waals surface area contributed by atoms with Gasteiger partial charge < -0.3 is 0 Å². The zero-order chi connectivity index (χ0) is 14.8. The number of unbranched alkanes of at least 4 members (excludes halogenated alkanes) is 1. The maximum Gasteiger partial charge on any atom is 0.695 e. The molecule has 1 atom stereocenters. The first-order chi connectivity index (χ1) is 8.92. The van der Waals surface area contributed by atoms with E-state index in [9.17, 15) is 19.1 Å². The molecule has 6 nitrogen and oxygen atoms in total. The topological polar surface area (TPSA) is 89.7 Å². The van der Waals surface area contributed by atoms with Gasteiger partial charge in [0, 0.05) is 16.2 Å². The molecule has 0 fully saturated rings. The number of hydrogen-bond acceptors (Lipinski definition) is 4. The Hall–Kier alpha value is -1.43. The molecule has 0 radical (unpaired) electrons. The minimum atomic E-state index is -2.81. The smallest absolute Gasteiger partial charge is 0.258 e. The summed E-state index contributed by atoms with van der Waals surface area (Å²) in [6, 6.07) is 2.95. The summed E-state index contributed by atoms with van der Waals surface area (Å²) in [5.41, 5.74) is -0.400. The monoisotopic (exact) mass is 292 g/mol. The fraction of sp³-hybridized carbons (Fsp3) is 0.455. The lowest BCUT2D eigenvalue weighted by molar-refractivity contribution is -0.385. The molecule has 8 heteroatoms. The van der Waals surface area contributed by atoms with Gasteiger partial charge in [0.1, 0.15) is 12.4 Å². The van der Waals surface area contributed by atoms with Crippen LogP contribution in [0.3, 0.4) is 0 Å². The number of rotatable bonds is 5. The normalized spacial score (nSPS) is 10.4. The van der Waals surface area contributed by atoms with Crippen molar-refractivity contribution < 1.29 is 23.3 Å². The highest BCUT2D eigenvalue weighted by Gasteiger charge is 2.16. The molecule has 0 amide bonds. The number of non-ortho nitro benzene ring substituents is 1. The molecular weight excluding hydrogens is 276 g/mol. The minimum absolute atomic E-state index is 0.0157. The van der Waals surface area contributed by atoms with Gasteiger partial charge in [-0.1, -0.05) is 26.7 Å². The standard InChI is InChI=1S/C7H5FNO5P.C4H10/c8-7-3-6(9(10)11)2-1-5(7)4-14-15(12)13;1-3-4-2/h1-3H,4H2;3-4H2,1-2H3/p+1. The van der Waals surface area contributed by atoms with E-state index in [0.29, 0.717) is 0 Å². The second-order valence-corrected chi connectivity index (χ2v) is 4.28. The van der Waals surface area contributed by atoms with Crippen molar-refractivity contribution in [1.82, 2.24) is 0 Å². The molecule has 0 aliphatic rings. The predicted molar refractivity (Wildman–Crippen MR) is 68.3 cm³/mol. The van der Waals surface area contributed by atoms with Crippen LogP contribution in [0.25, 0.3) is 0 Å². The molecule has 0 saturated heterocycles. The van der Waals surface area contributed by atoms with Crippen LogP contribution in [0.15, 0.2) is 18.2 Å². The summed E-state index contributed by atoms with van der Waals surface area (Å²) in [7, 11) is -2.81. The molecular formula is C11H16FNO5P+. The van der Waals surface area contributed by atoms with E-state index in [1.807, 2.05) is 0 Å². The maximum atomic E-state index is 13.1. The SMILES string of the molecule is CCCC.O=[N+]([O-])c1ccc(CO[P+](=O)O)c(F)c1. The summed E-state index contributed by atoms with van der Waals surface area (Å²) < 4.78 is 27.5. The Morgan fingerprint density at radius 3 is 2.37 bits per heavy atom. The first-order valence-corrected chi connectivity index (χ1v) is 6.77. The van der Waals surface area contributed by atoms with E-state index in [1.165, 1.54) is 12.8 Å². The van der Waals surface area contributed by atoms with Crippen LogP contribution in [-0.2, 0) is 15.7 Å². The van der Waals surface area contributed by atoms with Crippen LogP contribution < -0.4 is 0 Å². The third-order valence-electron chi connectivity index (χ3n) is 2.08. The van der Waals surface area contributed by atoms with Crippen molar-refractivity contribution in [2.24, 2.45) is 0 Å². The van der Waals surface area contributed by atoms with E-state index < -0.39 is 25.6 Å². The lowest BCUT2D eigenvalue weighted by Gasteiger charge is -1.97. The van der Waals surface area contributed by atoms with Gasteiger partial charge in [-0.3, -0.25) is 10.1 Å². The Balaban J connectivity index is 0.000000711. The lowest BCUT2D eigenvalue weighted by Crippen LogP contribution is -1.94. The average molecular weight is 292 g/mol. The van der Waals surface area contributed by atoms with Crippen molar-refractivity contribution in [2.75, 3.05) is 0 Å². The van der Waals surface area contributed by atoms with E-state index >= 15 is 0 Å². The quantitative estimate of drug-likeness (QED) is 0.507. The second kappa shape index (κ2) is 9.49. The van der Waals surface area contributed by atoms with E-state index in [1.54, 1.807) is 0 Å². The van der Waals surface area contributed by atoms with Gasteiger partial charge in [0.15, 0.2) is 0 Å². The van der Waals surface area contributed by atoms with E-state index in [4.69, 9.17) is 4.89 Å². The van der Waals surface area contributed by atoms with Crippen LogP contribution in [0.4, 0.5) is 10.1 Å². The van der Waals surface area contributed by atoms with Crippen molar-refractivity contribution in [1.29, 1.82) is 0 Å². The zero-order valence-corrected chi connectivity index (χ0v) is 11.6. The molecule has 0 bridgehead atoms. The van der Waals surface area contributed by atoms with Crippen LogP contribution in [0, 0.1) is 15.9 Å². The van der Waals surface area contributed by atoms with Crippen LogP contribution in [-0.4, -0.2) is 9.82 Å². The third kappa shape index (κ3) is 7.56. The van der Waals surface area contributed by atoms with Crippen LogP contribution in [0.5, 0.6) is 0 Å². The Morgan fingerprint density at radius 2 is 2.00 bits per heavy atom. The molecule has 0 heterocycles. The van der Waals surface area contributed by atoms with Gasteiger partial charge in [-0.05, 0) is 6.07 Å². The fourth-order valence-electron chi connectivity index (χ4n) is 0.892. The summed E-state index contributed by atoms with van der Waals surface area (Å²) in [5, 5.41) is 10.3. The summed E-state index contributed by atoms with van der Waals surface area (Å²) in [5.74, 6) is -0.846. The third-order valence-corrected chi connectivity index (χ3v) is 2.43. The van der Waals surface area contributed by atoms with Crippen molar-refractivity contribution in [3.8, 4) is 0 Å². The molecule has 0 aliphatic carbocycles. The van der Waals surface area contributed by atoms with Crippen LogP contribution in [0.2, 0.25) is 0 Å². The van der Waals surface area contributed by atoms with Gasteiger partial charge in [-0.25, -0.2) is 4.39 Å².